The number of fused-ring (bicyclic) bond motifs is 1. The highest BCUT2D eigenvalue weighted by atomic mass is 35.5. The fourth-order valence-electron chi connectivity index (χ4n) is 2.15. The number of benzene rings is 2. The Labute approximate surface area is 121 Å². The molecule has 0 fully saturated rings. The molecule has 3 N–H and O–H groups in total. The first-order chi connectivity index (χ1) is 9.56. The molecule has 1 aliphatic rings. The summed E-state index contributed by atoms with van der Waals surface area (Å²) in [5.41, 5.74) is 8.12. The van der Waals surface area contributed by atoms with Gasteiger partial charge < -0.3 is 15.8 Å². The van der Waals surface area contributed by atoms with Crippen LogP contribution in [0.5, 0.6) is 11.5 Å². The maximum absolute atomic E-state index is 11.5. The molecule has 4 nitrogen and oxygen atoms in total. The Morgan fingerprint density at radius 3 is 2.75 bits per heavy atom. The van der Waals surface area contributed by atoms with E-state index in [9.17, 15) is 4.79 Å². The van der Waals surface area contributed by atoms with E-state index in [0.29, 0.717) is 22.0 Å². The highest BCUT2D eigenvalue weighted by molar-refractivity contribution is 6.32. The molecule has 5 heteroatoms. The Morgan fingerprint density at radius 2 is 2.00 bits per heavy atom. The molecule has 2 aromatic rings. The first-order valence-electron chi connectivity index (χ1n) is 6.19. The lowest BCUT2D eigenvalue weighted by Gasteiger charge is -2.12. The minimum atomic E-state index is -0.671. The molecule has 20 heavy (non-hydrogen) atoms. The van der Waals surface area contributed by atoms with Crippen LogP contribution in [0.2, 0.25) is 5.02 Å². The van der Waals surface area contributed by atoms with Gasteiger partial charge in [0.25, 0.3) is 0 Å². The van der Waals surface area contributed by atoms with E-state index in [1.165, 1.54) is 0 Å². The molecular weight excluding hydrogens is 276 g/mol. The lowest BCUT2D eigenvalue weighted by Crippen LogP contribution is -2.19. The van der Waals surface area contributed by atoms with Crippen LogP contribution in [0.1, 0.15) is 17.2 Å². The summed E-state index contributed by atoms with van der Waals surface area (Å²) in [5.74, 6) is 0.987. The van der Waals surface area contributed by atoms with Crippen LogP contribution in [0.25, 0.3) is 0 Å². The molecule has 102 valence electrons. The van der Waals surface area contributed by atoms with Crippen molar-refractivity contribution in [2.75, 3.05) is 5.32 Å². The van der Waals surface area contributed by atoms with Gasteiger partial charge in [-0.15, -0.1) is 0 Å². The van der Waals surface area contributed by atoms with Gasteiger partial charge in [0.1, 0.15) is 17.5 Å². The van der Waals surface area contributed by atoms with Gasteiger partial charge in [-0.3, -0.25) is 4.79 Å². The van der Waals surface area contributed by atoms with Crippen LogP contribution >= 0.6 is 11.6 Å². The van der Waals surface area contributed by atoms with Gasteiger partial charge in [0, 0.05) is 17.3 Å². The minimum absolute atomic E-state index is 0.232. The zero-order valence-electron chi connectivity index (χ0n) is 10.8. The van der Waals surface area contributed by atoms with Crippen LogP contribution in [-0.2, 0) is 4.79 Å². The number of para-hydroxylation sites is 1. The fourth-order valence-corrected chi connectivity index (χ4v) is 2.36. The van der Waals surface area contributed by atoms with Gasteiger partial charge in [0.15, 0.2) is 0 Å². The maximum atomic E-state index is 11.5. The third-order valence-corrected chi connectivity index (χ3v) is 3.59. The second-order valence-electron chi connectivity index (χ2n) is 4.70. The first-order valence-corrected chi connectivity index (χ1v) is 6.57. The summed E-state index contributed by atoms with van der Waals surface area (Å²) in [5, 5.41) is 3.14. The monoisotopic (exact) mass is 288 g/mol. The average molecular weight is 289 g/mol. The van der Waals surface area contributed by atoms with E-state index in [-0.39, 0.29) is 5.91 Å². The molecule has 0 aromatic heterocycles. The number of ether oxygens (including phenoxy) is 1. The SMILES string of the molecule is Cc1ccccc1Oc1cc2c(cc1Cl)[C@H](N)C(=O)N2. The second-order valence-corrected chi connectivity index (χ2v) is 5.11. The van der Waals surface area contributed by atoms with Gasteiger partial charge in [-0.05, 0) is 24.6 Å². The van der Waals surface area contributed by atoms with Crippen molar-refractivity contribution in [1.29, 1.82) is 0 Å². The van der Waals surface area contributed by atoms with Gasteiger partial charge >= 0.3 is 0 Å². The molecule has 2 aromatic carbocycles. The number of amides is 1. The van der Waals surface area contributed by atoms with E-state index in [1.54, 1.807) is 12.1 Å². The van der Waals surface area contributed by atoms with E-state index in [2.05, 4.69) is 5.32 Å². The van der Waals surface area contributed by atoms with E-state index >= 15 is 0 Å². The highest BCUT2D eigenvalue weighted by Crippen LogP contribution is 2.39. The standard InChI is InChI=1S/C15H13ClN2O2/c1-8-4-2-3-5-12(8)20-13-7-11-9(6-10(13)16)14(17)15(19)18-11/h2-7,14H,17H2,1H3,(H,18,19)/t14-/m0/s1. The number of nitrogens with one attached hydrogen (secondary N) is 1. The molecule has 0 saturated carbocycles. The van der Waals surface area contributed by atoms with Crippen LogP contribution in [0.15, 0.2) is 36.4 Å². The van der Waals surface area contributed by atoms with Crippen molar-refractivity contribution in [2.45, 2.75) is 13.0 Å². The number of carbonyl (C=O) groups is 1. The van der Waals surface area contributed by atoms with Crippen molar-refractivity contribution in [3.8, 4) is 11.5 Å². The molecule has 1 atom stereocenters. The summed E-state index contributed by atoms with van der Waals surface area (Å²) in [6.45, 7) is 1.95. The van der Waals surface area contributed by atoms with Crippen molar-refractivity contribution in [3.05, 3.63) is 52.5 Å². The van der Waals surface area contributed by atoms with Gasteiger partial charge in [0.2, 0.25) is 5.91 Å². The summed E-state index contributed by atoms with van der Waals surface area (Å²) in [4.78, 5) is 11.5. The first kappa shape index (κ1) is 13.0. The van der Waals surface area contributed by atoms with E-state index in [1.807, 2.05) is 31.2 Å². The molecule has 1 aliphatic heterocycles. The van der Waals surface area contributed by atoms with Crippen molar-refractivity contribution < 1.29 is 9.53 Å². The van der Waals surface area contributed by atoms with Gasteiger partial charge in [-0.2, -0.15) is 0 Å². The molecule has 1 amide bonds. The Bertz CT molecular complexity index is 700. The molecule has 0 unspecified atom stereocenters. The molecule has 0 saturated heterocycles. The van der Waals surface area contributed by atoms with Gasteiger partial charge in [0.05, 0.1) is 5.02 Å². The molecule has 1 heterocycles. The Morgan fingerprint density at radius 1 is 1.25 bits per heavy atom. The molecular formula is C15H13ClN2O2. The summed E-state index contributed by atoms with van der Waals surface area (Å²) < 4.78 is 5.81. The third kappa shape index (κ3) is 2.13. The maximum Gasteiger partial charge on any atom is 0.245 e. The van der Waals surface area contributed by atoms with E-state index < -0.39 is 6.04 Å². The van der Waals surface area contributed by atoms with Crippen LogP contribution < -0.4 is 15.8 Å². The molecule has 0 radical (unpaired) electrons. The predicted octanol–water partition coefficient (Wildman–Crippen LogP) is 3.39. The lowest BCUT2D eigenvalue weighted by molar-refractivity contribution is -0.116. The van der Waals surface area contributed by atoms with Crippen molar-refractivity contribution >= 4 is 23.2 Å². The summed E-state index contributed by atoms with van der Waals surface area (Å²) >= 11 is 6.20. The molecule has 3 rings (SSSR count). The minimum Gasteiger partial charge on any atom is -0.455 e. The number of anilines is 1. The van der Waals surface area contributed by atoms with Gasteiger partial charge in [-0.1, -0.05) is 29.8 Å². The molecule has 0 bridgehead atoms. The summed E-state index contributed by atoms with van der Waals surface area (Å²) in [6, 6.07) is 10.3. The third-order valence-electron chi connectivity index (χ3n) is 3.29. The number of aryl methyl sites for hydroxylation is 1. The number of carbonyl (C=O) groups excluding carboxylic acids is 1. The summed E-state index contributed by atoms with van der Waals surface area (Å²) in [6.07, 6.45) is 0. The zero-order valence-corrected chi connectivity index (χ0v) is 11.6. The second kappa shape index (κ2) is 4.81. The molecule has 0 spiro atoms. The zero-order chi connectivity index (χ0) is 14.3. The number of rotatable bonds is 2. The average Bonchev–Trinajstić information content (AvgIpc) is 2.69. The van der Waals surface area contributed by atoms with Crippen LogP contribution in [0.3, 0.4) is 0 Å². The quantitative estimate of drug-likeness (QED) is 0.890. The number of halogens is 1. The Hall–Kier alpha value is -2.04. The normalized spacial score (nSPS) is 16.8. The number of hydrogen-bond donors (Lipinski definition) is 2. The van der Waals surface area contributed by atoms with E-state index in [0.717, 1.165) is 11.3 Å². The van der Waals surface area contributed by atoms with Crippen LogP contribution in [0.4, 0.5) is 5.69 Å². The topological polar surface area (TPSA) is 64.3 Å². The van der Waals surface area contributed by atoms with Crippen molar-refractivity contribution in [2.24, 2.45) is 5.73 Å². The highest BCUT2D eigenvalue weighted by Gasteiger charge is 2.28. The fraction of sp³-hybridized carbons (Fsp3) is 0.133. The van der Waals surface area contributed by atoms with Crippen LogP contribution in [-0.4, -0.2) is 5.91 Å². The predicted molar refractivity (Wildman–Crippen MR) is 78.3 cm³/mol. The molecule has 0 aliphatic carbocycles. The van der Waals surface area contributed by atoms with E-state index in [4.69, 9.17) is 22.1 Å². The Balaban J connectivity index is 1.99. The van der Waals surface area contributed by atoms with Crippen LogP contribution in [0, 0.1) is 6.92 Å². The van der Waals surface area contributed by atoms with Gasteiger partial charge in [-0.25, -0.2) is 0 Å². The Kier molecular flexibility index (Phi) is 3.12. The number of nitrogens with two attached hydrogens (primary N) is 1. The number of hydrogen-bond acceptors (Lipinski definition) is 3. The summed E-state index contributed by atoms with van der Waals surface area (Å²) in [7, 11) is 0. The smallest absolute Gasteiger partial charge is 0.245 e. The van der Waals surface area contributed by atoms with Crippen molar-refractivity contribution in [3.63, 3.8) is 0 Å². The van der Waals surface area contributed by atoms with Crippen molar-refractivity contribution in [1.82, 2.24) is 0 Å². The lowest BCUT2D eigenvalue weighted by atomic mass is 10.1. The largest absolute Gasteiger partial charge is 0.455 e.